The van der Waals surface area contributed by atoms with Gasteiger partial charge in [0.25, 0.3) is 0 Å². The molecule has 1 atom stereocenters. The second kappa shape index (κ2) is 6.17. The fourth-order valence-electron chi connectivity index (χ4n) is 2.46. The first kappa shape index (κ1) is 12.6. The molecule has 1 unspecified atom stereocenters. The lowest BCUT2D eigenvalue weighted by molar-refractivity contribution is 0.302. The number of aryl methyl sites for hydroxylation is 1. The maximum atomic E-state index is 4.32. The highest BCUT2D eigenvalue weighted by Gasteiger charge is 2.21. The Hall–Kier alpha value is -0.870. The van der Waals surface area contributed by atoms with Gasteiger partial charge in [-0.05, 0) is 44.5 Å². The molecule has 0 amide bonds. The number of nitrogens with one attached hydrogen (secondary N) is 1. The van der Waals surface area contributed by atoms with E-state index >= 15 is 0 Å². The molecule has 1 fully saturated rings. The van der Waals surface area contributed by atoms with Crippen molar-refractivity contribution in [3.63, 3.8) is 0 Å². The quantitative estimate of drug-likeness (QED) is 0.803. The SMILES string of the molecule is CCNCC1CCN(CCn2cc(C)cn2)C1. The summed E-state index contributed by atoms with van der Waals surface area (Å²) in [6.07, 6.45) is 5.38. The summed E-state index contributed by atoms with van der Waals surface area (Å²) < 4.78 is 2.05. The van der Waals surface area contributed by atoms with Crippen molar-refractivity contribution in [3.8, 4) is 0 Å². The Kier molecular flexibility index (Phi) is 4.57. The average molecular weight is 236 g/mol. The number of rotatable bonds is 6. The predicted octanol–water partition coefficient (Wildman–Crippen LogP) is 1.12. The molecule has 1 N–H and O–H groups in total. The van der Waals surface area contributed by atoms with Gasteiger partial charge in [-0.2, -0.15) is 5.10 Å². The van der Waals surface area contributed by atoms with Gasteiger partial charge in [0.05, 0.1) is 12.7 Å². The third-order valence-corrected chi connectivity index (χ3v) is 3.46. The maximum absolute atomic E-state index is 4.32. The van der Waals surface area contributed by atoms with E-state index in [1.165, 1.54) is 31.6 Å². The molecular formula is C13H24N4. The summed E-state index contributed by atoms with van der Waals surface area (Å²) in [7, 11) is 0. The normalized spacial score (nSPS) is 21.2. The standard InChI is InChI=1S/C13H24N4/c1-3-14-9-13-4-5-16(11-13)6-7-17-10-12(2)8-15-17/h8,10,13-14H,3-7,9,11H2,1-2H3. The molecule has 96 valence electrons. The lowest BCUT2D eigenvalue weighted by Crippen LogP contribution is -2.28. The van der Waals surface area contributed by atoms with E-state index in [0.717, 1.165) is 25.6 Å². The number of hydrogen-bond acceptors (Lipinski definition) is 3. The molecule has 0 saturated carbocycles. The van der Waals surface area contributed by atoms with Gasteiger partial charge in [-0.3, -0.25) is 4.68 Å². The monoisotopic (exact) mass is 236 g/mol. The largest absolute Gasteiger partial charge is 0.317 e. The Morgan fingerprint density at radius 3 is 3.06 bits per heavy atom. The zero-order valence-corrected chi connectivity index (χ0v) is 11.0. The van der Waals surface area contributed by atoms with Crippen LogP contribution >= 0.6 is 0 Å². The second-order valence-corrected chi connectivity index (χ2v) is 5.04. The maximum Gasteiger partial charge on any atom is 0.0536 e. The van der Waals surface area contributed by atoms with Crippen LogP contribution in [-0.2, 0) is 6.54 Å². The summed E-state index contributed by atoms with van der Waals surface area (Å²) in [5, 5.41) is 7.77. The molecule has 0 radical (unpaired) electrons. The van der Waals surface area contributed by atoms with Crippen LogP contribution in [0.4, 0.5) is 0 Å². The highest BCUT2D eigenvalue weighted by Crippen LogP contribution is 2.14. The van der Waals surface area contributed by atoms with Crippen molar-refractivity contribution < 1.29 is 0 Å². The topological polar surface area (TPSA) is 33.1 Å². The lowest BCUT2D eigenvalue weighted by Gasteiger charge is -2.16. The predicted molar refractivity (Wildman–Crippen MR) is 70.1 cm³/mol. The van der Waals surface area contributed by atoms with Gasteiger partial charge in [-0.1, -0.05) is 6.92 Å². The highest BCUT2D eigenvalue weighted by atomic mass is 15.3. The summed E-state index contributed by atoms with van der Waals surface area (Å²) in [6, 6.07) is 0. The molecule has 0 aliphatic carbocycles. The molecule has 17 heavy (non-hydrogen) atoms. The molecule has 2 heterocycles. The van der Waals surface area contributed by atoms with E-state index < -0.39 is 0 Å². The van der Waals surface area contributed by atoms with Crippen molar-refractivity contribution in [3.05, 3.63) is 18.0 Å². The fraction of sp³-hybridized carbons (Fsp3) is 0.769. The van der Waals surface area contributed by atoms with E-state index in [-0.39, 0.29) is 0 Å². The van der Waals surface area contributed by atoms with Gasteiger partial charge in [-0.25, -0.2) is 0 Å². The zero-order chi connectivity index (χ0) is 12.1. The Morgan fingerprint density at radius 2 is 2.35 bits per heavy atom. The summed E-state index contributed by atoms with van der Waals surface area (Å²) >= 11 is 0. The third-order valence-electron chi connectivity index (χ3n) is 3.46. The van der Waals surface area contributed by atoms with Crippen LogP contribution in [0.25, 0.3) is 0 Å². The number of nitrogens with zero attached hydrogens (tertiary/aromatic N) is 3. The minimum Gasteiger partial charge on any atom is -0.317 e. The van der Waals surface area contributed by atoms with Crippen molar-refractivity contribution in [1.82, 2.24) is 20.0 Å². The Balaban J connectivity index is 1.67. The Morgan fingerprint density at radius 1 is 1.47 bits per heavy atom. The molecule has 4 heteroatoms. The van der Waals surface area contributed by atoms with Gasteiger partial charge in [0.2, 0.25) is 0 Å². The van der Waals surface area contributed by atoms with Crippen LogP contribution in [0.3, 0.4) is 0 Å². The summed E-state index contributed by atoms with van der Waals surface area (Å²) in [4.78, 5) is 2.55. The van der Waals surface area contributed by atoms with Crippen molar-refractivity contribution in [1.29, 1.82) is 0 Å². The molecule has 2 rings (SSSR count). The molecule has 0 bridgehead atoms. The van der Waals surface area contributed by atoms with E-state index in [0.29, 0.717) is 0 Å². The Bertz CT molecular complexity index is 334. The first-order valence-corrected chi connectivity index (χ1v) is 6.70. The average Bonchev–Trinajstić information content (AvgIpc) is 2.93. The van der Waals surface area contributed by atoms with Gasteiger partial charge in [0.15, 0.2) is 0 Å². The van der Waals surface area contributed by atoms with Crippen LogP contribution in [0.15, 0.2) is 12.4 Å². The summed E-state index contributed by atoms with van der Waals surface area (Å²) in [6.45, 7) is 11.2. The van der Waals surface area contributed by atoms with Crippen molar-refractivity contribution in [2.24, 2.45) is 5.92 Å². The molecule has 0 aromatic carbocycles. The molecule has 0 spiro atoms. The fourth-order valence-corrected chi connectivity index (χ4v) is 2.46. The third kappa shape index (κ3) is 3.82. The molecule has 1 aromatic rings. The molecule has 1 aromatic heterocycles. The van der Waals surface area contributed by atoms with Crippen LogP contribution in [0.5, 0.6) is 0 Å². The molecule has 1 saturated heterocycles. The van der Waals surface area contributed by atoms with Crippen molar-refractivity contribution in [2.45, 2.75) is 26.8 Å². The van der Waals surface area contributed by atoms with Crippen molar-refractivity contribution in [2.75, 3.05) is 32.7 Å². The van der Waals surface area contributed by atoms with E-state index in [1.807, 2.05) is 10.9 Å². The second-order valence-electron chi connectivity index (χ2n) is 5.04. The minimum atomic E-state index is 0.842. The van der Waals surface area contributed by atoms with Gasteiger partial charge in [-0.15, -0.1) is 0 Å². The minimum absolute atomic E-state index is 0.842. The smallest absolute Gasteiger partial charge is 0.0536 e. The first-order valence-electron chi connectivity index (χ1n) is 6.70. The van der Waals surface area contributed by atoms with E-state index in [4.69, 9.17) is 0 Å². The van der Waals surface area contributed by atoms with Gasteiger partial charge >= 0.3 is 0 Å². The van der Waals surface area contributed by atoms with Crippen LogP contribution in [-0.4, -0.2) is 47.4 Å². The number of likely N-dealkylation sites (tertiary alicyclic amines) is 1. The van der Waals surface area contributed by atoms with Gasteiger partial charge in [0, 0.05) is 19.3 Å². The van der Waals surface area contributed by atoms with E-state index in [1.54, 1.807) is 0 Å². The highest BCUT2D eigenvalue weighted by molar-refractivity contribution is 4.99. The summed E-state index contributed by atoms with van der Waals surface area (Å²) in [5.41, 5.74) is 1.25. The van der Waals surface area contributed by atoms with Crippen LogP contribution in [0.1, 0.15) is 18.9 Å². The van der Waals surface area contributed by atoms with Gasteiger partial charge in [0.1, 0.15) is 0 Å². The van der Waals surface area contributed by atoms with Crippen LogP contribution < -0.4 is 5.32 Å². The lowest BCUT2D eigenvalue weighted by atomic mass is 10.1. The number of aromatic nitrogens is 2. The van der Waals surface area contributed by atoms with Crippen LogP contribution in [0, 0.1) is 12.8 Å². The zero-order valence-electron chi connectivity index (χ0n) is 11.0. The summed E-state index contributed by atoms with van der Waals surface area (Å²) in [5.74, 6) is 0.842. The van der Waals surface area contributed by atoms with E-state index in [2.05, 4.69) is 35.4 Å². The molecule has 1 aliphatic rings. The van der Waals surface area contributed by atoms with Crippen molar-refractivity contribution >= 4 is 0 Å². The molecule has 1 aliphatic heterocycles. The number of hydrogen-bond donors (Lipinski definition) is 1. The van der Waals surface area contributed by atoms with E-state index in [9.17, 15) is 0 Å². The molecule has 4 nitrogen and oxygen atoms in total. The van der Waals surface area contributed by atoms with Gasteiger partial charge < -0.3 is 10.2 Å². The van der Waals surface area contributed by atoms with Crippen LogP contribution in [0.2, 0.25) is 0 Å². The molecular weight excluding hydrogens is 212 g/mol. The first-order chi connectivity index (χ1) is 8.28. The Labute approximate surface area is 104 Å².